The number of anilines is 1. The molecule has 3 aromatic rings. The van der Waals surface area contributed by atoms with Crippen LogP contribution in [-0.4, -0.2) is 30.8 Å². The second kappa shape index (κ2) is 6.95. The number of carbonyl (C=O) groups excluding carboxylic acids is 1. The summed E-state index contributed by atoms with van der Waals surface area (Å²) in [4.78, 5) is 33.5. The second-order valence-corrected chi connectivity index (χ2v) is 6.15. The summed E-state index contributed by atoms with van der Waals surface area (Å²) in [5, 5.41) is 2.68. The van der Waals surface area contributed by atoms with Crippen molar-refractivity contribution in [3.05, 3.63) is 57.3 Å². The van der Waals surface area contributed by atoms with E-state index in [1.807, 2.05) is 19.1 Å². The van der Waals surface area contributed by atoms with Crippen molar-refractivity contribution in [3.63, 3.8) is 0 Å². The molecule has 0 aliphatic rings. The van der Waals surface area contributed by atoms with E-state index in [1.54, 1.807) is 25.3 Å². The Morgan fingerprint density at radius 1 is 1.12 bits per heavy atom. The van der Waals surface area contributed by atoms with Crippen LogP contribution in [0.1, 0.15) is 21.9 Å². The lowest BCUT2D eigenvalue weighted by molar-refractivity contribution is 0.102. The molecule has 0 aliphatic carbocycles. The molecule has 0 unspecified atom stereocenters. The zero-order valence-electron chi connectivity index (χ0n) is 13.0. The summed E-state index contributed by atoms with van der Waals surface area (Å²) in [6, 6.07) is 7.23. The molecular weight excluding hydrogens is 419 g/mol. The van der Waals surface area contributed by atoms with Gasteiger partial charge in [0, 0.05) is 16.0 Å². The highest BCUT2D eigenvalue weighted by Crippen LogP contribution is 2.15. The van der Waals surface area contributed by atoms with Crippen LogP contribution in [-0.2, 0) is 0 Å². The number of carbonyl (C=O) groups is 1. The van der Waals surface area contributed by atoms with Gasteiger partial charge in [-0.2, -0.15) is 9.97 Å². The van der Waals surface area contributed by atoms with Crippen LogP contribution in [0.5, 0.6) is 0 Å². The number of hydrogen-bond acceptors (Lipinski definition) is 6. The SMILES string of the molecule is Cc1nc(NC(=O)c2cnc(C)c(I)c2)nc(-c2ccccn2)n1. The summed E-state index contributed by atoms with van der Waals surface area (Å²) < 4.78 is 0.918. The molecule has 0 saturated heterocycles. The summed E-state index contributed by atoms with van der Waals surface area (Å²) in [7, 11) is 0. The number of rotatable bonds is 3. The van der Waals surface area contributed by atoms with Gasteiger partial charge in [-0.25, -0.2) is 4.98 Å². The third-order valence-electron chi connectivity index (χ3n) is 3.15. The van der Waals surface area contributed by atoms with E-state index in [0.717, 1.165) is 9.26 Å². The van der Waals surface area contributed by atoms with E-state index in [0.29, 0.717) is 22.9 Å². The molecule has 0 aromatic carbocycles. The first-order valence-electron chi connectivity index (χ1n) is 7.10. The number of nitrogens with one attached hydrogen (secondary N) is 1. The highest BCUT2D eigenvalue weighted by Gasteiger charge is 2.13. The Hall–Kier alpha value is -2.49. The average molecular weight is 432 g/mol. The van der Waals surface area contributed by atoms with Gasteiger partial charge in [0.05, 0.1) is 11.3 Å². The Labute approximate surface area is 152 Å². The van der Waals surface area contributed by atoms with E-state index in [1.165, 1.54) is 6.20 Å². The standard InChI is InChI=1S/C16H13IN6O/c1-9-12(17)7-11(8-19-9)15(24)23-16-21-10(2)20-14(22-16)13-5-3-4-6-18-13/h3-8H,1-2H3,(H,20,21,22,23,24). The van der Waals surface area contributed by atoms with Gasteiger partial charge >= 0.3 is 0 Å². The molecule has 0 atom stereocenters. The lowest BCUT2D eigenvalue weighted by Crippen LogP contribution is -2.16. The maximum atomic E-state index is 12.4. The Balaban J connectivity index is 1.88. The maximum absolute atomic E-state index is 12.4. The number of halogens is 1. The lowest BCUT2D eigenvalue weighted by Gasteiger charge is -2.07. The van der Waals surface area contributed by atoms with Gasteiger partial charge in [0.25, 0.3) is 5.91 Å². The van der Waals surface area contributed by atoms with E-state index >= 15 is 0 Å². The molecule has 0 spiro atoms. The molecule has 3 rings (SSSR count). The fourth-order valence-electron chi connectivity index (χ4n) is 1.95. The van der Waals surface area contributed by atoms with Crippen molar-refractivity contribution < 1.29 is 4.79 Å². The van der Waals surface area contributed by atoms with Crippen molar-refractivity contribution in [1.82, 2.24) is 24.9 Å². The minimum absolute atomic E-state index is 0.184. The van der Waals surface area contributed by atoms with Crippen molar-refractivity contribution in [2.24, 2.45) is 0 Å². The van der Waals surface area contributed by atoms with Crippen molar-refractivity contribution in [3.8, 4) is 11.5 Å². The van der Waals surface area contributed by atoms with Crippen molar-refractivity contribution >= 4 is 34.4 Å². The fourth-order valence-corrected chi connectivity index (χ4v) is 2.43. The third kappa shape index (κ3) is 3.70. The Morgan fingerprint density at radius 3 is 2.67 bits per heavy atom. The van der Waals surface area contributed by atoms with Gasteiger partial charge in [0.2, 0.25) is 5.95 Å². The first-order chi connectivity index (χ1) is 11.5. The Kier molecular flexibility index (Phi) is 4.74. The van der Waals surface area contributed by atoms with Gasteiger partial charge in [-0.05, 0) is 54.6 Å². The molecule has 0 fully saturated rings. The van der Waals surface area contributed by atoms with Crippen LogP contribution < -0.4 is 5.32 Å². The summed E-state index contributed by atoms with van der Waals surface area (Å²) in [5.74, 6) is 0.772. The quantitative estimate of drug-likeness (QED) is 0.640. The van der Waals surface area contributed by atoms with Gasteiger partial charge in [-0.15, -0.1) is 0 Å². The zero-order chi connectivity index (χ0) is 17.1. The minimum Gasteiger partial charge on any atom is -0.290 e. The van der Waals surface area contributed by atoms with Gasteiger partial charge in [-0.1, -0.05) is 6.07 Å². The molecule has 24 heavy (non-hydrogen) atoms. The number of aromatic nitrogens is 5. The van der Waals surface area contributed by atoms with E-state index in [9.17, 15) is 4.79 Å². The van der Waals surface area contributed by atoms with E-state index in [4.69, 9.17) is 0 Å². The number of amides is 1. The maximum Gasteiger partial charge on any atom is 0.259 e. The molecule has 3 aromatic heterocycles. The molecule has 0 saturated carbocycles. The van der Waals surface area contributed by atoms with Gasteiger partial charge in [-0.3, -0.25) is 20.1 Å². The molecule has 120 valence electrons. The molecule has 7 nitrogen and oxygen atoms in total. The molecule has 0 bridgehead atoms. The highest BCUT2D eigenvalue weighted by atomic mass is 127. The number of pyridine rings is 2. The van der Waals surface area contributed by atoms with Crippen LogP contribution in [0.3, 0.4) is 0 Å². The topological polar surface area (TPSA) is 93.6 Å². The number of hydrogen-bond donors (Lipinski definition) is 1. The van der Waals surface area contributed by atoms with Crippen LogP contribution in [0.15, 0.2) is 36.7 Å². The zero-order valence-corrected chi connectivity index (χ0v) is 15.1. The Morgan fingerprint density at radius 2 is 1.96 bits per heavy atom. The summed E-state index contributed by atoms with van der Waals surface area (Å²) in [6.07, 6.45) is 3.19. The van der Waals surface area contributed by atoms with E-state index in [2.05, 4.69) is 52.8 Å². The van der Waals surface area contributed by atoms with E-state index in [-0.39, 0.29) is 11.9 Å². The van der Waals surface area contributed by atoms with Crippen LogP contribution >= 0.6 is 22.6 Å². The van der Waals surface area contributed by atoms with Crippen molar-refractivity contribution in [2.45, 2.75) is 13.8 Å². The van der Waals surface area contributed by atoms with Crippen molar-refractivity contribution in [2.75, 3.05) is 5.32 Å². The first-order valence-corrected chi connectivity index (χ1v) is 8.18. The number of aryl methyl sites for hydroxylation is 2. The smallest absolute Gasteiger partial charge is 0.259 e. The second-order valence-electron chi connectivity index (χ2n) is 4.99. The van der Waals surface area contributed by atoms with Gasteiger partial charge < -0.3 is 0 Å². The lowest BCUT2D eigenvalue weighted by atomic mass is 10.2. The van der Waals surface area contributed by atoms with E-state index < -0.39 is 0 Å². The molecule has 3 heterocycles. The molecule has 1 N–H and O–H groups in total. The molecule has 0 radical (unpaired) electrons. The molecule has 8 heteroatoms. The third-order valence-corrected chi connectivity index (χ3v) is 4.25. The van der Waals surface area contributed by atoms with Crippen molar-refractivity contribution in [1.29, 1.82) is 0 Å². The summed E-state index contributed by atoms with van der Waals surface area (Å²) >= 11 is 2.14. The molecule has 0 aliphatic heterocycles. The molecular formula is C16H13IN6O. The van der Waals surface area contributed by atoms with Gasteiger partial charge in [0.15, 0.2) is 5.82 Å². The van der Waals surface area contributed by atoms with Gasteiger partial charge in [0.1, 0.15) is 11.5 Å². The summed E-state index contributed by atoms with van der Waals surface area (Å²) in [6.45, 7) is 3.62. The number of nitrogens with zero attached hydrogens (tertiary/aromatic N) is 5. The summed E-state index contributed by atoms with van der Waals surface area (Å²) in [5.41, 5.74) is 1.94. The molecule has 1 amide bonds. The van der Waals surface area contributed by atoms with Crippen LogP contribution in [0.25, 0.3) is 11.5 Å². The Bertz CT molecular complexity index is 900. The minimum atomic E-state index is -0.321. The predicted octanol–water partition coefficient (Wildman–Crippen LogP) is 2.80. The predicted molar refractivity (Wildman–Crippen MR) is 97.4 cm³/mol. The monoisotopic (exact) mass is 432 g/mol. The fraction of sp³-hybridized carbons (Fsp3) is 0.125. The normalized spacial score (nSPS) is 10.5. The van der Waals surface area contributed by atoms with Crippen LogP contribution in [0.2, 0.25) is 0 Å². The van der Waals surface area contributed by atoms with Crippen LogP contribution in [0.4, 0.5) is 5.95 Å². The average Bonchev–Trinajstić information content (AvgIpc) is 2.57. The van der Waals surface area contributed by atoms with Crippen LogP contribution in [0, 0.1) is 17.4 Å². The largest absolute Gasteiger partial charge is 0.290 e. The highest BCUT2D eigenvalue weighted by molar-refractivity contribution is 14.1. The first kappa shape index (κ1) is 16.4.